The van der Waals surface area contributed by atoms with Crippen molar-refractivity contribution in [1.29, 1.82) is 0 Å². The van der Waals surface area contributed by atoms with Crippen LogP contribution in [-0.2, 0) is 0 Å². The van der Waals surface area contributed by atoms with Gasteiger partial charge in [-0.25, -0.2) is 0 Å². The Morgan fingerprint density at radius 1 is 0.600 bits per heavy atom. The molecule has 0 N–H and O–H groups in total. The second kappa shape index (κ2) is 4.26. The van der Waals surface area contributed by atoms with Gasteiger partial charge in [0.05, 0.1) is 0 Å². The van der Waals surface area contributed by atoms with Gasteiger partial charge in [0.25, 0.3) is 0 Å². The third-order valence-corrected chi connectivity index (χ3v) is 8.96. The molecule has 20 heavy (non-hydrogen) atoms. The fourth-order valence-electron chi connectivity index (χ4n) is 7.98. The molecular weight excluding hydrogens is 240 g/mol. The summed E-state index contributed by atoms with van der Waals surface area (Å²) in [6.07, 6.45) is 16.9. The monoisotopic (exact) mass is 274 g/mol. The molecule has 4 fully saturated rings. The predicted molar refractivity (Wildman–Crippen MR) is 85.6 cm³/mol. The molecule has 0 aromatic heterocycles. The first kappa shape index (κ1) is 13.6. The summed E-state index contributed by atoms with van der Waals surface area (Å²) in [7, 11) is 0. The van der Waals surface area contributed by atoms with Crippen LogP contribution in [0, 0.1) is 34.0 Å². The van der Waals surface area contributed by atoms with E-state index in [2.05, 4.69) is 20.8 Å². The molecule has 0 saturated heterocycles. The highest BCUT2D eigenvalue weighted by Crippen LogP contribution is 2.71. The maximum Gasteiger partial charge on any atom is -0.0259 e. The second-order valence-electron chi connectivity index (χ2n) is 9.68. The van der Waals surface area contributed by atoms with Crippen LogP contribution in [-0.4, -0.2) is 0 Å². The van der Waals surface area contributed by atoms with Crippen LogP contribution in [0.3, 0.4) is 0 Å². The van der Waals surface area contributed by atoms with Gasteiger partial charge < -0.3 is 0 Å². The van der Waals surface area contributed by atoms with Gasteiger partial charge in [0.1, 0.15) is 0 Å². The van der Waals surface area contributed by atoms with Crippen molar-refractivity contribution in [1.82, 2.24) is 0 Å². The van der Waals surface area contributed by atoms with Gasteiger partial charge >= 0.3 is 0 Å². The molecule has 0 spiro atoms. The van der Waals surface area contributed by atoms with Crippen molar-refractivity contribution in [2.24, 2.45) is 34.0 Å². The topological polar surface area (TPSA) is 0 Å². The van der Waals surface area contributed by atoms with E-state index in [1.807, 2.05) is 0 Å². The van der Waals surface area contributed by atoms with Crippen LogP contribution < -0.4 is 0 Å². The fraction of sp³-hybridized carbons (Fsp3) is 1.00. The van der Waals surface area contributed by atoms with Gasteiger partial charge in [-0.3, -0.25) is 0 Å². The Bertz CT molecular complexity index is 399. The van der Waals surface area contributed by atoms with Gasteiger partial charge in [-0.15, -0.1) is 0 Å². The van der Waals surface area contributed by atoms with Crippen LogP contribution in [0.15, 0.2) is 0 Å². The number of hydrogen-bond donors (Lipinski definition) is 0. The normalized spacial score (nSPS) is 58.6. The largest absolute Gasteiger partial charge is 0.0594 e. The molecule has 4 aliphatic carbocycles. The molecule has 0 aromatic carbocycles. The van der Waals surface area contributed by atoms with E-state index in [4.69, 9.17) is 0 Å². The van der Waals surface area contributed by atoms with Crippen LogP contribution in [0.2, 0.25) is 0 Å². The van der Waals surface area contributed by atoms with Gasteiger partial charge in [0.15, 0.2) is 0 Å². The van der Waals surface area contributed by atoms with Crippen molar-refractivity contribution in [3.05, 3.63) is 0 Å². The minimum Gasteiger partial charge on any atom is -0.0594 e. The lowest BCUT2D eigenvalue weighted by atomic mass is 9.40. The third kappa shape index (κ3) is 1.60. The molecule has 0 heterocycles. The number of rotatable bonds is 0. The summed E-state index contributed by atoms with van der Waals surface area (Å²) >= 11 is 0. The Morgan fingerprint density at radius 2 is 1.45 bits per heavy atom. The summed E-state index contributed by atoms with van der Waals surface area (Å²) in [5.41, 5.74) is 2.10. The van der Waals surface area contributed by atoms with Crippen LogP contribution >= 0.6 is 0 Å². The fourth-order valence-corrected chi connectivity index (χ4v) is 7.98. The van der Waals surface area contributed by atoms with Crippen molar-refractivity contribution in [2.45, 2.75) is 91.4 Å². The van der Waals surface area contributed by atoms with Gasteiger partial charge in [0, 0.05) is 0 Å². The smallest absolute Gasteiger partial charge is 0.0259 e. The van der Waals surface area contributed by atoms with E-state index >= 15 is 0 Å². The summed E-state index contributed by atoms with van der Waals surface area (Å²) < 4.78 is 0. The first-order chi connectivity index (χ1) is 9.49. The molecule has 0 bridgehead atoms. The van der Waals surface area contributed by atoms with Crippen LogP contribution in [0.25, 0.3) is 0 Å². The van der Waals surface area contributed by atoms with Crippen molar-refractivity contribution in [3.63, 3.8) is 0 Å². The standard InChI is InChI=1S/C20H34/c1-18-11-6-8-16(18)20(3)14-9-15-7-4-5-12-19(15,2)17(20)10-13-18/h15-17H,4-14H2,1-3H3/t15?,16?,17?,18-,19-,20-/m0/s1. The molecule has 0 aromatic rings. The highest BCUT2D eigenvalue weighted by atomic mass is 14.7. The van der Waals surface area contributed by atoms with Crippen LogP contribution in [0.5, 0.6) is 0 Å². The predicted octanol–water partition coefficient (Wildman–Crippen LogP) is 6.20. The zero-order chi connectivity index (χ0) is 14.0. The zero-order valence-electron chi connectivity index (χ0n) is 14.0. The van der Waals surface area contributed by atoms with E-state index < -0.39 is 0 Å². The summed E-state index contributed by atoms with van der Waals surface area (Å²) in [6, 6.07) is 0. The number of fused-ring (bicyclic) bond motifs is 5. The zero-order valence-corrected chi connectivity index (χ0v) is 14.0. The van der Waals surface area contributed by atoms with E-state index in [-0.39, 0.29) is 0 Å². The van der Waals surface area contributed by atoms with Crippen molar-refractivity contribution >= 4 is 0 Å². The van der Waals surface area contributed by atoms with Crippen molar-refractivity contribution in [3.8, 4) is 0 Å². The minimum absolute atomic E-state index is 0.687. The maximum atomic E-state index is 2.72. The Balaban J connectivity index is 1.72. The van der Waals surface area contributed by atoms with Crippen LogP contribution in [0.4, 0.5) is 0 Å². The summed E-state index contributed by atoms with van der Waals surface area (Å²) in [4.78, 5) is 0. The van der Waals surface area contributed by atoms with E-state index in [1.54, 1.807) is 44.9 Å². The number of hydrogen-bond acceptors (Lipinski definition) is 0. The summed E-state index contributed by atoms with van der Waals surface area (Å²) in [6.45, 7) is 8.07. The van der Waals surface area contributed by atoms with E-state index in [0.717, 1.165) is 17.8 Å². The molecular formula is C20H34. The molecule has 3 unspecified atom stereocenters. The van der Waals surface area contributed by atoms with Gasteiger partial charge in [-0.2, -0.15) is 0 Å². The minimum atomic E-state index is 0.687. The van der Waals surface area contributed by atoms with Gasteiger partial charge in [-0.05, 0) is 85.4 Å². The molecule has 4 saturated carbocycles. The summed E-state index contributed by atoms with van der Waals surface area (Å²) in [5.74, 6) is 3.17. The average Bonchev–Trinajstić information content (AvgIpc) is 2.81. The lowest BCUT2D eigenvalue weighted by molar-refractivity contribution is -0.157. The van der Waals surface area contributed by atoms with Crippen LogP contribution in [0.1, 0.15) is 91.4 Å². The van der Waals surface area contributed by atoms with E-state index in [9.17, 15) is 0 Å². The first-order valence-electron chi connectivity index (χ1n) is 9.49. The third-order valence-electron chi connectivity index (χ3n) is 8.96. The average molecular weight is 274 g/mol. The molecule has 114 valence electrons. The Morgan fingerprint density at radius 3 is 2.30 bits per heavy atom. The lowest BCUT2D eigenvalue weighted by Gasteiger charge is -2.65. The van der Waals surface area contributed by atoms with Gasteiger partial charge in [-0.1, -0.05) is 40.0 Å². The first-order valence-corrected chi connectivity index (χ1v) is 9.49. The quantitative estimate of drug-likeness (QED) is 0.493. The van der Waals surface area contributed by atoms with Gasteiger partial charge in [0.2, 0.25) is 0 Å². The Labute approximate surface area is 126 Å². The molecule has 4 rings (SSSR count). The molecule has 6 atom stereocenters. The lowest BCUT2D eigenvalue weighted by Crippen LogP contribution is -2.57. The van der Waals surface area contributed by atoms with Crippen molar-refractivity contribution < 1.29 is 0 Å². The molecule has 4 aliphatic rings. The summed E-state index contributed by atoms with van der Waals surface area (Å²) in [5, 5.41) is 0. The second-order valence-corrected chi connectivity index (χ2v) is 9.68. The highest BCUT2D eigenvalue weighted by Gasteiger charge is 2.62. The SMILES string of the molecule is C[C@@]12CCCC1[C@]1(C)CCC3CCCC[C@]3(C)C1CC2. The van der Waals surface area contributed by atoms with Crippen molar-refractivity contribution in [2.75, 3.05) is 0 Å². The van der Waals surface area contributed by atoms with E-state index in [0.29, 0.717) is 16.2 Å². The molecule has 0 nitrogen and oxygen atoms in total. The highest BCUT2D eigenvalue weighted by molar-refractivity contribution is 5.11. The maximum absolute atomic E-state index is 2.72. The Hall–Kier alpha value is 0. The molecule has 0 radical (unpaired) electrons. The molecule has 0 amide bonds. The Kier molecular flexibility index (Phi) is 2.91. The van der Waals surface area contributed by atoms with E-state index in [1.165, 1.54) is 25.7 Å². The molecule has 0 aliphatic heterocycles. The molecule has 0 heteroatoms.